The third-order valence-corrected chi connectivity index (χ3v) is 5.37. The molecule has 0 bridgehead atoms. The van der Waals surface area contributed by atoms with E-state index in [1.165, 1.54) is 63.5 Å². The Morgan fingerprint density at radius 1 is 0.920 bits per heavy atom. The molecule has 1 aromatic rings. The summed E-state index contributed by atoms with van der Waals surface area (Å²) in [5.41, 5.74) is 1.57. The summed E-state index contributed by atoms with van der Waals surface area (Å²) in [6, 6.07) is 4.43. The summed E-state index contributed by atoms with van der Waals surface area (Å²) in [6.45, 7) is 2.24. The number of unbranched alkanes of at least 4 members (excludes halogenated alkanes) is 8. The second-order valence-corrected chi connectivity index (χ2v) is 8.00. The molecule has 1 unspecified atom stereocenters. The molecule has 2 rings (SSSR count). The minimum Gasteiger partial charge on any atom is -0.744 e. The Kier molecular flexibility index (Phi) is 10.4. The summed E-state index contributed by atoms with van der Waals surface area (Å²) in [4.78, 5) is -0.181. The zero-order valence-electron chi connectivity index (χ0n) is 15.5. The SMILES string of the molecule is CCCCCCCCCCCC1Nc2ccc(S(=O)(=O)[O-])cc2N1.[Na+]. The van der Waals surface area contributed by atoms with Gasteiger partial charge in [-0.3, -0.25) is 0 Å². The Hall–Kier alpha value is -0.270. The molecule has 1 heterocycles. The van der Waals surface area contributed by atoms with Gasteiger partial charge in [0.1, 0.15) is 10.1 Å². The molecule has 0 aromatic heterocycles. The van der Waals surface area contributed by atoms with Crippen LogP contribution in [0, 0.1) is 0 Å². The van der Waals surface area contributed by atoms with Crippen molar-refractivity contribution in [2.75, 3.05) is 10.6 Å². The molecule has 0 aliphatic carbocycles. The Labute approximate surface area is 174 Å². The van der Waals surface area contributed by atoms with Gasteiger partial charge < -0.3 is 15.2 Å². The van der Waals surface area contributed by atoms with E-state index in [2.05, 4.69) is 17.6 Å². The van der Waals surface area contributed by atoms with Crippen molar-refractivity contribution in [2.24, 2.45) is 0 Å². The molecule has 1 aromatic carbocycles. The molecule has 7 heteroatoms. The van der Waals surface area contributed by atoms with Crippen LogP contribution in [0.5, 0.6) is 0 Å². The Balaban J connectivity index is 0.00000312. The van der Waals surface area contributed by atoms with Crippen molar-refractivity contribution in [3.63, 3.8) is 0 Å². The van der Waals surface area contributed by atoms with Gasteiger partial charge in [0.25, 0.3) is 0 Å². The number of hydrogen-bond acceptors (Lipinski definition) is 5. The second-order valence-electron chi connectivity index (χ2n) is 6.62. The van der Waals surface area contributed by atoms with Crippen molar-refractivity contribution in [3.05, 3.63) is 18.2 Å². The molecular weight excluding hydrogens is 347 g/mol. The van der Waals surface area contributed by atoms with Crippen LogP contribution in [-0.2, 0) is 10.1 Å². The van der Waals surface area contributed by atoms with Gasteiger partial charge in [-0.1, -0.05) is 58.3 Å². The molecule has 0 saturated heterocycles. The predicted molar refractivity (Wildman–Crippen MR) is 97.3 cm³/mol. The largest absolute Gasteiger partial charge is 1.00 e. The molecule has 136 valence electrons. The quantitative estimate of drug-likeness (QED) is 0.349. The van der Waals surface area contributed by atoms with Crippen LogP contribution in [0.3, 0.4) is 0 Å². The molecule has 0 spiro atoms. The standard InChI is InChI=1S/C18H30N2O3S.Na/c1-2-3-4-5-6-7-8-9-10-11-18-19-16-13-12-15(24(21,22)23)14-17(16)20-18;/h12-14,18-20H,2-11H2,1H3,(H,21,22,23);/q;+1/p-1. The number of benzene rings is 1. The van der Waals surface area contributed by atoms with Crippen LogP contribution in [0.2, 0.25) is 0 Å². The zero-order valence-corrected chi connectivity index (χ0v) is 18.3. The zero-order chi connectivity index (χ0) is 17.4. The molecule has 0 amide bonds. The van der Waals surface area contributed by atoms with E-state index in [0.29, 0.717) is 5.69 Å². The van der Waals surface area contributed by atoms with Crippen LogP contribution in [-0.4, -0.2) is 19.1 Å². The first-order valence-electron chi connectivity index (χ1n) is 9.13. The summed E-state index contributed by atoms with van der Waals surface area (Å²) in [7, 11) is -4.40. The summed E-state index contributed by atoms with van der Waals surface area (Å²) in [6.07, 6.45) is 12.8. The number of rotatable bonds is 11. The Morgan fingerprint density at radius 3 is 2.08 bits per heavy atom. The topological polar surface area (TPSA) is 81.3 Å². The fourth-order valence-corrected chi connectivity index (χ4v) is 3.64. The van der Waals surface area contributed by atoms with E-state index in [1.807, 2.05) is 0 Å². The molecule has 2 N–H and O–H groups in total. The number of hydrogen-bond donors (Lipinski definition) is 2. The smallest absolute Gasteiger partial charge is 0.744 e. The van der Waals surface area contributed by atoms with Crippen molar-refractivity contribution in [1.82, 2.24) is 0 Å². The fourth-order valence-electron chi connectivity index (χ4n) is 3.14. The van der Waals surface area contributed by atoms with Crippen LogP contribution >= 0.6 is 0 Å². The molecule has 5 nitrogen and oxygen atoms in total. The molecule has 0 fully saturated rings. The molecule has 1 aliphatic rings. The maximum absolute atomic E-state index is 11.1. The monoisotopic (exact) mass is 376 g/mol. The molecule has 1 atom stereocenters. The van der Waals surface area contributed by atoms with E-state index in [1.54, 1.807) is 6.07 Å². The number of nitrogens with one attached hydrogen (secondary N) is 2. The van der Waals surface area contributed by atoms with E-state index in [4.69, 9.17) is 0 Å². The van der Waals surface area contributed by atoms with Crippen LogP contribution in [0.4, 0.5) is 11.4 Å². The van der Waals surface area contributed by atoms with Gasteiger partial charge in [0.15, 0.2) is 0 Å². The van der Waals surface area contributed by atoms with Crippen molar-refractivity contribution in [1.29, 1.82) is 0 Å². The van der Waals surface area contributed by atoms with Crippen molar-refractivity contribution in [2.45, 2.75) is 82.2 Å². The van der Waals surface area contributed by atoms with E-state index in [0.717, 1.165) is 18.5 Å². The fraction of sp³-hybridized carbons (Fsp3) is 0.667. The number of fused-ring (bicyclic) bond motifs is 1. The summed E-state index contributed by atoms with van der Waals surface area (Å²) >= 11 is 0. The third-order valence-electron chi connectivity index (χ3n) is 4.54. The number of anilines is 2. The minimum absolute atomic E-state index is 0. The minimum atomic E-state index is -4.40. The summed E-state index contributed by atoms with van der Waals surface area (Å²) in [5.74, 6) is 0. The third kappa shape index (κ3) is 7.87. The second kappa shape index (κ2) is 11.4. The van der Waals surface area contributed by atoms with Gasteiger partial charge in [-0.2, -0.15) is 0 Å². The van der Waals surface area contributed by atoms with Crippen LogP contribution < -0.4 is 40.2 Å². The van der Waals surface area contributed by atoms with Crippen molar-refractivity contribution in [3.8, 4) is 0 Å². The molecule has 1 aliphatic heterocycles. The van der Waals surface area contributed by atoms with Gasteiger partial charge in [-0.25, -0.2) is 8.42 Å². The molecular formula is C18H29N2NaO3S. The van der Waals surface area contributed by atoms with Crippen molar-refractivity contribution < 1.29 is 42.5 Å². The average Bonchev–Trinajstić information content (AvgIpc) is 2.94. The van der Waals surface area contributed by atoms with Gasteiger partial charge >= 0.3 is 29.6 Å². The van der Waals surface area contributed by atoms with E-state index in [-0.39, 0.29) is 40.6 Å². The van der Waals surface area contributed by atoms with Crippen LogP contribution in [0.1, 0.15) is 71.1 Å². The van der Waals surface area contributed by atoms with Crippen LogP contribution in [0.15, 0.2) is 23.1 Å². The molecule has 25 heavy (non-hydrogen) atoms. The van der Waals surface area contributed by atoms with Crippen LogP contribution in [0.25, 0.3) is 0 Å². The Morgan fingerprint density at radius 2 is 1.48 bits per heavy atom. The van der Waals surface area contributed by atoms with Crippen molar-refractivity contribution >= 4 is 21.5 Å². The summed E-state index contributed by atoms with van der Waals surface area (Å²) < 4.78 is 33.2. The van der Waals surface area contributed by atoms with E-state index in [9.17, 15) is 13.0 Å². The first kappa shape index (κ1) is 22.8. The maximum atomic E-state index is 11.1. The van der Waals surface area contributed by atoms with Gasteiger partial charge in [0, 0.05) is 0 Å². The first-order valence-corrected chi connectivity index (χ1v) is 10.5. The van der Waals surface area contributed by atoms with Gasteiger partial charge in [-0.05, 0) is 31.0 Å². The first-order chi connectivity index (χ1) is 11.5. The van der Waals surface area contributed by atoms with Gasteiger partial charge in [-0.15, -0.1) is 0 Å². The molecule has 0 saturated carbocycles. The normalized spacial score (nSPS) is 15.8. The molecule has 0 radical (unpaired) electrons. The maximum Gasteiger partial charge on any atom is 1.00 e. The predicted octanol–water partition coefficient (Wildman–Crippen LogP) is 1.68. The Bertz CT molecular complexity index is 623. The van der Waals surface area contributed by atoms with Gasteiger partial charge in [0.05, 0.1) is 22.4 Å². The van der Waals surface area contributed by atoms with Gasteiger partial charge in [0.2, 0.25) is 0 Å². The summed E-state index contributed by atoms with van der Waals surface area (Å²) in [5, 5.41) is 6.59. The average molecular weight is 376 g/mol. The van der Waals surface area contributed by atoms with E-state index < -0.39 is 10.1 Å². The van der Waals surface area contributed by atoms with E-state index >= 15 is 0 Å².